The number of hydrogen-bond donors (Lipinski definition) is 0. The first-order valence-corrected chi connectivity index (χ1v) is 10.7. The van der Waals surface area contributed by atoms with Gasteiger partial charge in [0.1, 0.15) is 12.4 Å². The molecule has 1 heterocycles. The SMILES string of the molecule is CCOc1cc(/C=C2\N=C(c3ccccc3)OC2=O)cc(Br)c1OCc1cccc(F)c1. The molecule has 0 N–H and O–H groups in total. The molecule has 0 bridgehead atoms. The van der Waals surface area contributed by atoms with E-state index in [0.717, 1.165) is 5.56 Å². The van der Waals surface area contributed by atoms with Crippen LogP contribution in [0.25, 0.3) is 6.08 Å². The summed E-state index contributed by atoms with van der Waals surface area (Å²) < 4.78 is 31.0. The average molecular weight is 496 g/mol. The van der Waals surface area contributed by atoms with Crippen molar-refractivity contribution in [3.05, 3.63) is 99.4 Å². The van der Waals surface area contributed by atoms with Crippen LogP contribution in [0.3, 0.4) is 0 Å². The lowest BCUT2D eigenvalue weighted by molar-refractivity contribution is -0.129. The average Bonchev–Trinajstić information content (AvgIpc) is 3.14. The number of cyclic esters (lactones) is 1. The van der Waals surface area contributed by atoms with Crippen LogP contribution in [-0.2, 0) is 16.1 Å². The molecule has 0 saturated carbocycles. The van der Waals surface area contributed by atoms with Gasteiger partial charge in [0.2, 0.25) is 5.90 Å². The standard InChI is InChI=1S/C25H19BrFNO4/c1-2-30-22-14-17(12-20(26)23(22)31-15-16-7-6-10-19(27)11-16)13-21-25(29)32-24(28-21)18-8-4-3-5-9-18/h3-14H,2,15H2,1H3/b21-13-. The lowest BCUT2D eigenvalue weighted by Gasteiger charge is -2.15. The lowest BCUT2D eigenvalue weighted by Crippen LogP contribution is -2.05. The largest absolute Gasteiger partial charge is 0.490 e. The van der Waals surface area contributed by atoms with Crippen LogP contribution in [-0.4, -0.2) is 18.5 Å². The number of esters is 1. The molecule has 0 atom stereocenters. The van der Waals surface area contributed by atoms with Crippen LogP contribution in [0, 0.1) is 5.82 Å². The highest BCUT2D eigenvalue weighted by atomic mass is 79.9. The smallest absolute Gasteiger partial charge is 0.363 e. The van der Waals surface area contributed by atoms with Crippen molar-refractivity contribution in [2.75, 3.05) is 6.61 Å². The van der Waals surface area contributed by atoms with Gasteiger partial charge in [0.05, 0.1) is 11.1 Å². The molecular weight excluding hydrogens is 477 g/mol. The number of ether oxygens (including phenoxy) is 3. The fourth-order valence-corrected chi connectivity index (χ4v) is 3.70. The maximum Gasteiger partial charge on any atom is 0.363 e. The van der Waals surface area contributed by atoms with Crippen molar-refractivity contribution >= 4 is 33.9 Å². The summed E-state index contributed by atoms with van der Waals surface area (Å²) in [4.78, 5) is 16.6. The van der Waals surface area contributed by atoms with E-state index in [1.807, 2.05) is 37.3 Å². The Labute approximate surface area is 193 Å². The van der Waals surface area contributed by atoms with Gasteiger partial charge in [-0.25, -0.2) is 14.2 Å². The summed E-state index contributed by atoms with van der Waals surface area (Å²) in [5, 5.41) is 0. The van der Waals surface area contributed by atoms with Gasteiger partial charge >= 0.3 is 5.97 Å². The van der Waals surface area contributed by atoms with Gasteiger partial charge in [-0.1, -0.05) is 30.3 Å². The Bertz CT molecular complexity index is 1210. The minimum absolute atomic E-state index is 0.175. The van der Waals surface area contributed by atoms with Crippen LogP contribution in [0.2, 0.25) is 0 Å². The number of benzene rings is 3. The highest BCUT2D eigenvalue weighted by molar-refractivity contribution is 9.10. The normalized spacial score (nSPS) is 14.3. The summed E-state index contributed by atoms with van der Waals surface area (Å²) in [5.41, 5.74) is 2.29. The minimum atomic E-state index is -0.524. The summed E-state index contributed by atoms with van der Waals surface area (Å²) in [6.45, 7) is 2.45. The Morgan fingerprint density at radius 1 is 1.06 bits per heavy atom. The van der Waals surface area contributed by atoms with Crippen molar-refractivity contribution in [3.8, 4) is 11.5 Å². The first kappa shape index (κ1) is 21.8. The van der Waals surface area contributed by atoms with E-state index in [1.165, 1.54) is 12.1 Å². The van der Waals surface area contributed by atoms with E-state index in [-0.39, 0.29) is 24.0 Å². The molecule has 3 aromatic carbocycles. The topological polar surface area (TPSA) is 57.1 Å². The molecule has 5 nitrogen and oxygen atoms in total. The van der Waals surface area contributed by atoms with E-state index in [1.54, 1.807) is 30.3 Å². The monoisotopic (exact) mass is 495 g/mol. The van der Waals surface area contributed by atoms with Crippen molar-refractivity contribution in [2.24, 2.45) is 4.99 Å². The molecule has 0 radical (unpaired) electrons. The van der Waals surface area contributed by atoms with E-state index in [0.29, 0.717) is 33.7 Å². The minimum Gasteiger partial charge on any atom is -0.490 e. The number of hydrogen-bond acceptors (Lipinski definition) is 5. The second-order valence-corrected chi connectivity index (χ2v) is 7.74. The number of rotatable bonds is 7. The van der Waals surface area contributed by atoms with Crippen molar-refractivity contribution in [1.82, 2.24) is 0 Å². The summed E-state index contributed by atoms with van der Waals surface area (Å²) in [6.07, 6.45) is 1.63. The third-order valence-electron chi connectivity index (χ3n) is 4.55. The van der Waals surface area contributed by atoms with Gasteiger partial charge in [-0.05, 0) is 76.5 Å². The van der Waals surface area contributed by atoms with Crippen molar-refractivity contribution in [1.29, 1.82) is 0 Å². The predicted octanol–water partition coefficient (Wildman–Crippen LogP) is 5.91. The molecule has 0 aromatic heterocycles. The predicted molar refractivity (Wildman–Crippen MR) is 123 cm³/mol. The Hall–Kier alpha value is -3.45. The number of aliphatic imine (C=N–C) groups is 1. The second-order valence-electron chi connectivity index (χ2n) is 6.88. The fraction of sp³-hybridized carbons (Fsp3) is 0.120. The third kappa shape index (κ3) is 5.06. The van der Waals surface area contributed by atoms with Crippen LogP contribution in [0.5, 0.6) is 11.5 Å². The van der Waals surface area contributed by atoms with E-state index >= 15 is 0 Å². The Morgan fingerprint density at radius 3 is 2.62 bits per heavy atom. The maximum atomic E-state index is 13.4. The molecule has 0 spiro atoms. The zero-order valence-electron chi connectivity index (χ0n) is 17.2. The van der Waals surface area contributed by atoms with E-state index in [9.17, 15) is 9.18 Å². The van der Waals surface area contributed by atoms with Gasteiger partial charge in [-0.15, -0.1) is 0 Å². The number of nitrogens with zero attached hydrogens (tertiary/aromatic N) is 1. The number of carbonyl (C=O) groups excluding carboxylic acids is 1. The van der Waals surface area contributed by atoms with Crippen molar-refractivity contribution in [3.63, 3.8) is 0 Å². The summed E-state index contributed by atoms with van der Waals surface area (Å²) in [6, 6.07) is 19.0. The Balaban J connectivity index is 1.61. The van der Waals surface area contributed by atoms with Crippen molar-refractivity contribution < 1.29 is 23.4 Å². The zero-order chi connectivity index (χ0) is 22.5. The van der Waals surface area contributed by atoms with Crippen LogP contribution in [0.15, 0.2) is 81.9 Å². The second kappa shape index (κ2) is 9.78. The van der Waals surface area contributed by atoms with E-state index in [4.69, 9.17) is 14.2 Å². The zero-order valence-corrected chi connectivity index (χ0v) is 18.8. The summed E-state index contributed by atoms with van der Waals surface area (Å²) in [5.74, 6) is 0.394. The van der Waals surface area contributed by atoms with Gasteiger partial charge in [-0.2, -0.15) is 0 Å². The fourth-order valence-electron chi connectivity index (χ4n) is 3.13. The maximum absolute atomic E-state index is 13.4. The summed E-state index contributed by atoms with van der Waals surface area (Å²) >= 11 is 3.51. The number of halogens is 2. The molecule has 0 aliphatic carbocycles. The molecule has 3 aromatic rings. The Kier molecular flexibility index (Phi) is 6.66. The van der Waals surface area contributed by atoms with Gasteiger partial charge in [0, 0.05) is 5.56 Å². The molecule has 4 rings (SSSR count). The molecule has 162 valence electrons. The van der Waals surface area contributed by atoms with Crippen LogP contribution in [0.4, 0.5) is 4.39 Å². The molecular formula is C25H19BrFNO4. The highest BCUT2D eigenvalue weighted by Gasteiger charge is 2.24. The molecule has 32 heavy (non-hydrogen) atoms. The quantitative estimate of drug-likeness (QED) is 0.302. The highest BCUT2D eigenvalue weighted by Crippen LogP contribution is 2.38. The van der Waals surface area contributed by atoms with Gasteiger partial charge < -0.3 is 14.2 Å². The molecule has 0 saturated heterocycles. The van der Waals surface area contributed by atoms with Gasteiger partial charge in [0.25, 0.3) is 0 Å². The summed E-state index contributed by atoms with van der Waals surface area (Å²) in [7, 11) is 0. The molecule has 0 unspecified atom stereocenters. The van der Waals surface area contributed by atoms with E-state index in [2.05, 4.69) is 20.9 Å². The van der Waals surface area contributed by atoms with Gasteiger partial charge in [-0.3, -0.25) is 0 Å². The molecule has 0 amide bonds. The van der Waals surface area contributed by atoms with Crippen molar-refractivity contribution in [2.45, 2.75) is 13.5 Å². The van der Waals surface area contributed by atoms with Crippen LogP contribution < -0.4 is 9.47 Å². The first-order valence-electron chi connectivity index (χ1n) is 9.95. The lowest BCUT2D eigenvalue weighted by atomic mass is 10.1. The molecule has 0 fully saturated rings. The third-order valence-corrected chi connectivity index (χ3v) is 5.14. The number of carbonyl (C=O) groups is 1. The molecule has 7 heteroatoms. The molecule has 1 aliphatic rings. The Morgan fingerprint density at radius 2 is 1.88 bits per heavy atom. The molecule has 1 aliphatic heterocycles. The van der Waals surface area contributed by atoms with Crippen LogP contribution >= 0.6 is 15.9 Å². The van der Waals surface area contributed by atoms with E-state index < -0.39 is 5.97 Å². The van der Waals surface area contributed by atoms with Crippen LogP contribution in [0.1, 0.15) is 23.6 Å². The first-order chi connectivity index (χ1) is 15.5. The van der Waals surface area contributed by atoms with Gasteiger partial charge in [0.15, 0.2) is 17.2 Å².